The van der Waals surface area contributed by atoms with E-state index < -0.39 is 22.0 Å². The molecule has 2 rings (SSSR count). The van der Waals surface area contributed by atoms with Crippen LogP contribution in [-0.2, 0) is 14.8 Å². The Labute approximate surface area is 165 Å². The lowest BCUT2D eigenvalue weighted by Gasteiger charge is -2.28. The summed E-state index contributed by atoms with van der Waals surface area (Å²) in [5.74, 6) is 0.965. The zero-order chi connectivity index (χ0) is 20.0. The van der Waals surface area contributed by atoms with Crippen molar-refractivity contribution in [1.29, 1.82) is 0 Å². The number of rotatable bonds is 8. The molecule has 0 unspecified atom stereocenters. The Hall–Kier alpha value is -2.19. The maximum absolute atomic E-state index is 12.8. The molecule has 0 aliphatic rings. The van der Waals surface area contributed by atoms with Crippen molar-refractivity contribution in [2.45, 2.75) is 24.8 Å². The predicted octanol–water partition coefficient (Wildman–Crippen LogP) is 3.60. The van der Waals surface area contributed by atoms with Crippen LogP contribution in [0.4, 0.5) is 11.4 Å². The molecule has 0 aromatic heterocycles. The van der Waals surface area contributed by atoms with Gasteiger partial charge in [-0.15, -0.1) is 11.8 Å². The van der Waals surface area contributed by atoms with E-state index in [4.69, 9.17) is 4.74 Å². The van der Waals surface area contributed by atoms with Crippen LogP contribution in [0.5, 0.6) is 5.75 Å². The van der Waals surface area contributed by atoms with Crippen LogP contribution in [0.2, 0.25) is 0 Å². The molecular weight excluding hydrogens is 384 g/mol. The van der Waals surface area contributed by atoms with E-state index >= 15 is 0 Å². The molecule has 2 aromatic rings. The number of thioether (sulfide) groups is 1. The third-order valence-corrected chi connectivity index (χ3v) is 6.04. The molecule has 1 N–H and O–H groups in total. The van der Waals surface area contributed by atoms with Crippen LogP contribution in [0.3, 0.4) is 0 Å². The highest BCUT2D eigenvalue weighted by Crippen LogP contribution is 2.28. The molecule has 0 radical (unpaired) electrons. The second-order valence-corrected chi connectivity index (χ2v) is 9.02. The molecule has 0 bridgehead atoms. The highest BCUT2D eigenvalue weighted by Gasteiger charge is 2.29. The van der Waals surface area contributed by atoms with Gasteiger partial charge in [0.15, 0.2) is 0 Å². The van der Waals surface area contributed by atoms with Gasteiger partial charge in [-0.25, -0.2) is 8.42 Å². The SMILES string of the molecule is CCSc1ccccc1NC(=O)[C@H](C)N(c1cccc(OC)c1)S(C)(=O)=O. The highest BCUT2D eigenvalue weighted by molar-refractivity contribution is 7.99. The van der Waals surface area contributed by atoms with Crippen LogP contribution in [-0.4, -0.2) is 39.5 Å². The van der Waals surface area contributed by atoms with E-state index in [-0.39, 0.29) is 0 Å². The molecule has 146 valence electrons. The van der Waals surface area contributed by atoms with Gasteiger partial charge in [0.2, 0.25) is 15.9 Å². The Morgan fingerprint density at radius 1 is 1.22 bits per heavy atom. The fourth-order valence-corrected chi connectivity index (χ4v) is 4.57. The molecule has 0 heterocycles. The van der Waals surface area contributed by atoms with Gasteiger partial charge in [-0.05, 0) is 36.9 Å². The van der Waals surface area contributed by atoms with Crippen molar-refractivity contribution in [1.82, 2.24) is 0 Å². The Morgan fingerprint density at radius 2 is 1.93 bits per heavy atom. The molecule has 0 saturated heterocycles. The third-order valence-electron chi connectivity index (χ3n) is 3.84. The van der Waals surface area contributed by atoms with Crippen LogP contribution in [0.1, 0.15) is 13.8 Å². The van der Waals surface area contributed by atoms with Gasteiger partial charge in [-0.1, -0.05) is 25.1 Å². The summed E-state index contributed by atoms with van der Waals surface area (Å²) < 4.78 is 31.1. The van der Waals surface area contributed by atoms with Gasteiger partial charge in [0.25, 0.3) is 0 Å². The Balaban J connectivity index is 2.33. The Kier molecular flexibility index (Phi) is 7.15. The van der Waals surface area contributed by atoms with E-state index in [0.29, 0.717) is 17.1 Å². The molecule has 1 amide bonds. The molecule has 27 heavy (non-hydrogen) atoms. The monoisotopic (exact) mass is 408 g/mol. The van der Waals surface area contributed by atoms with Crippen molar-refractivity contribution in [3.05, 3.63) is 48.5 Å². The number of hydrogen-bond acceptors (Lipinski definition) is 5. The normalized spacial score (nSPS) is 12.3. The quantitative estimate of drug-likeness (QED) is 0.676. The zero-order valence-electron chi connectivity index (χ0n) is 15.8. The van der Waals surface area contributed by atoms with E-state index in [0.717, 1.165) is 21.2 Å². The minimum atomic E-state index is -3.69. The first kappa shape index (κ1) is 21.1. The van der Waals surface area contributed by atoms with Crippen LogP contribution in [0.15, 0.2) is 53.4 Å². The van der Waals surface area contributed by atoms with E-state index in [1.54, 1.807) is 49.0 Å². The summed E-state index contributed by atoms with van der Waals surface area (Å²) in [5, 5.41) is 2.85. The number of benzene rings is 2. The molecule has 6 nitrogen and oxygen atoms in total. The van der Waals surface area contributed by atoms with Crippen LogP contribution in [0.25, 0.3) is 0 Å². The molecular formula is C19H24N2O4S2. The van der Waals surface area contributed by atoms with Crippen molar-refractivity contribution in [3.8, 4) is 5.75 Å². The van der Waals surface area contributed by atoms with Crippen LogP contribution in [0, 0.1) is 0 Å². The van der Waals surface area contributed by atoms with Gasteiger partial charge in [-0.3, -0.25) is 9.10 Å². The first-order valence-corrected chi connectivity index (χ1v) is 11.3. The highest BCUT2D eigenvalue weighted by atomic mass is 32.2. The molecule has 0 saturated carbocycles. The molecule has 0 aliphatic carbocycles. The number of anilines is 2. The number of nitrogens with zero attached hydrogens (tertiary/aromatic N) is 1. The fourth-order valence-electron chi connectivity index (χ4n) is 2.64. The van der Waals surface area contributed by atoms with E-state index in [2.05, 4.69) is 5.32 Å². The Bertz CT molecular complexity index is 900. The summed E-state index contributed by atoms with van der Waals surface area (Å²) in [4.78, 5) is 13.8. The standard InChI is InChI=1S/C19H24N2O4S2/c1-5-26-18-12-7-6-11-17(18)20-19(22)14(2)21(27(4,23)24)15-9-8-10-16(13-15)25-3/h6-14H,5H2,1-4H3,(H,20,22)/t14-/m0/s1. The number of sulfonamides is 1. The topological polar surface area (TPSA) is 75.7 Å². The first-order chi connectivity index (χ1) is 12.8. The number of carbonyl (C=O) groups is 1. The van der Waals surface area contributed by atoms with Gasteiger partial charge in [0.05, 0.1) is 24.7 Å². The summed E-state index contributed by atoms with van der Waals surface area (Å²) in [6.45, 7) is 3.59. The summed E-state index contributed by atoms with van der Waals surface area (Å²) >= 11 is 1.61. The van der Waals surface area contributed by atoms with E-state index in [9.17, 15) is 13.2 Å². The number of methoxy groups -OCH3 is 1. The van der Waals surface area contributed by atoms with Gasteiger partial charge >= 0.3 is 0 Å². The van der Waals surface area contributed by atoms with E-state index in [1.807, 2.05) is 25.1 Å². The summed E-state index contributed by atoms with van der Waals surface area (Å²) in [7, 11) is -2.19. The summed E-state index contributed by atoms with van der Waals surface area (Å²) in [6, 6.07) is 13.1. The molecule has 2 aromatic carbocycles. The second-order valence-electron chi connectivity index (χ2n) is 5.85. The number of hydrogen-bond donors (Lipinski definition) is 1. The third kappa shape index (κ3) is 5.40. The van der Waals surface area contributed by atoms with Crippen molar-refractivity contribution < 1.29 is 17.9 Å². The van der Waals surface area contributed by atoms with Gasteiger partial charge < -0.3 is 10.1 Å². The zero-order valence-corrected chi connectivity index (χ0v) is 17.4. The second kappa shape index (κ2) is 9.14. The average Bonchev–Trinajstić information content (AvgIpc) is 2.62. The predicted molar refractivity (Wildman–Crippen MR) is 111 cm³/mol. The smallest absolute Gasteiger partial charge is 0.248 e. The molecule has 0 fully saturated rings. The minimum absolute atomic E-state index is 0.371. The number of amides is 1. The number of ether oxygens (including phenoxy) is 1. The van der Waals surface area contributed by atoms with Crippen LogP contribution < -0.4 is 14.4 Å². The number of para-hydroxylation sites is 1. The van der Waals surface area contributed by atoms with Crippen molar-refractivity contribution in [2.24, 2.45) is 0 Å². The average molecular weight is 409 g/mol. The van der Waals surface area contributed by atoms with Crippen molar-refractivity contribution >= 4 is 39.1 Å². The molecule has 8 heteroatoms. The lowest BCUT2D eigenvalue weighted by Crippen LogP contribution is -2.45. The van der Waals surface area contributed by atoms with Gasteiger partial charge in [0, 0.05) is 11.0 Å². The molecule has 0 spiro atoms. The lowest BCUT2D eigenvalue weighted by molar-refractivity contribution is -0.116. The maximum Gasteiger partial charge on any atom is 0.248 e. The first-order valence-electron chi connectivity index (χ1n) is 8.44. The van der Waals surface area contributed by atoms with Crippen LogP contribution >= 0.6 is 11.8 Å². The minimum Gasteiger partial charge on any atom is -0.497 e. The summed E-state index contributed by atoms with van der Waals surface area (Å²) in [5.41, 5.74) is 1.04. The van der Waals surface area contributed by atoms with E-state index in [1.165, 1.54) is 7.11 Å². The molecule has 1 atom stereocenters. The van der Waals surface area contributed by atoms with Gasteiger partial charge in [0.1, 0.15) is 11.8 Å². The lowest BCUT2D eigenvalue weighted by atomic mass is 10.2. The molecule has 0 aliphatic heterocycles. The number of nitrogens with one attached hydrogen (secondary N) is 1. The Morgan fingerprint density at radius 3 is 2.56 bits per heavy atom. The van der Waals surface area contributed by atoms with Gasteiger partial charge in [-0.2, -0.15) is 0 Å². The number of carbonyl (C=O) groups excluding carboxylic acids is 1. The maximum atomic E-state index is 12.8. The fraction of sp³-hybridized carbons (Fsp3) is 0.316. The van der Waals surface area contributed by atoms with Crippen molar-refractivity contribution in [3.63, 3.8) is 0 Å². The largest absolute Gasteiger partial charge is 0.497 e. The van der Waals surface area contributed by atoms with Crippen molar-refractivity contribution in [2.75, 3.05) is 28.7 Å². The summed E-state index contributed by atoms with van der Waals surface area (Å²) in [6.07, 6.45) is 1.08.